The largest absolute Gasteiger partial charge is 0.398 e. The molecule has 0 radical (unpaired) electrons. The number of nitrogens with one attached hydrogen (secondary N) is 1. The van der Waals surface area contributed by atoms with Crippen LogP contribution < -0.4 is 10.5 Å². The Morgan fingerprint density at radius 2 is 2.20 bits per heavy atom. The maximum Gasteiger partial charge on any atom is 0.240 e. The van der Waals surface area contributed by atoms with Gasteiger partial charge in [-0.15, -0.1) is 0 Å². The second-order valence-corrected chi connectivity index (χ2v) is 6.79. The Morgan fingerprint density at radius 3 is 2.80 bits per heavy atom. The zero-order valence-corrected chi connectivity index (χ0v) is 13.1. The zero-order chi connectivity index (χ0) is 14.8. The first-order chi connectivity index (χ1) is 9.38. The van der Waals surface area contributed by atoms with Crippen LogP contribution >= 0.6 is 15.9 Å². The van der Waals surface area contributed by atoms with Crippen molar-refractivity contribution >= 4 is 31.6 Å². The van der Waals surface area contributed by atoms with Crippen LogP contribution in [0.2, 0.25) is 0 Å². The Bertz CT molecular complexity index is 713. The number of nitrogen functional groups attached to an aromatic ring is 1. The normalized spacial score (nSPS) is 11.7. The molecule has 1 aromatic carbocycles. The van der Waals surface area contributed by atoms with E-state index in [2.05, 4.69) is 30.7 Å². The van der Waals surface area contributed by atoms with Gasteiger partial charge in [-0.3, -0.25) is 4.68 Å². The van der Waals surface area contributed by atoms with Crippen LogP contribution in [-0.4, -0.2) is 29.7 Å². The number of benzene rings is 1. The Kier molecular flexibility index (Phi) is 4.41. The summed E-state index contributed by atoms with van der Waals surface area (Å²) in [6.07, 6.45) is 2.00. The molecule has 0 spiro atoms. The van der Waals surface area contributed by atoms with Crippen LogP contribution in [0, 0.1) is 0 Å². The van der Waals surface area contributed by atoms with Crippen molar-refractivity contribution in [1.29, 1.82) is 0 Å². The van der Waals surface area contributed by atoms with E-state index in [4.69, 9.17) is 5.73 Å². The van der Waals surface area contributed by atoms with E-state index in [9.17, 15) is 8.42 Å². The van der Waals surface area contributed by atoms with E-state index in [0.717, 1.165) is 0 Å². The molecule has 9 heteroatoms. The first kappa shape index (κ1) is 14.9. The number of rotatable bonds is 5. The molecule has 3 N–H and O–H groups in total. The van der Waals surface area contributed by atoms with E-state index < -0.39 is 10.0 Å². The lowest BCUT2D eigenvalue weighted by Gasteiger charge is -2.07. The minimum absolute atomic E-state index is 0.160. The van der Waals surface area contributed by atoms with Gasteiger partial charge in [0, 0.05) is 30.2 Å². The predicted molar refractivity (Wildman–Crippen MR) is 78.4 cm³/mol. The van der Waals surface area contributed by atoms with Crippen molar-refractivity contribution in [3.8, 4) is 0 Å². The van der Waals surface area contributed by atoms with Crippen LogP contribution in [0.25, 0.3) is 0 Å². The van der Waals surface area contributed by atoms with E-state index in [0.29, 0.717) is 22.4 Å². The third-order valence-electron chi connectivity index (χ3n) is 2.57. The molecule has 0 atom stereocenters. The van der Waals surface area contributed by atoms with Crippen molar-refractivity contribution in [2.24, 2.45) is 7.05 Å². The molecule has 2 rings (SSSR count). The Morgan fingerprint density at radius 1 is 1.45 bits per heavy atom. The van der Waals surface area contributed by atoms with Gasteiger partial charge in [-0.1, -0.05) is 0 Å². The summed E-state index contributed by atoms with van der Waals surface area (Å²) in [5.41, 5.74) is 6.12. The fourth-order valence-electron chi connectivity index (χ4n) is 1.55. The highest BCUT2D eigenvalue weighted by molar-refractivity contribution is 9.10. The molecule has 0 saturated carbocycles. The monoisotopic (exact) mass is 359 g/mol. The SMILES string of the molecule is Cn1cnc(CCNS(=O)(=O)c2ccc(N)c(Br)c2)n1. The number of nitrogens with zero attached hydrogens (tertiary/aromatic N) is 3. The molecule has 20 heavy (non-hydrogen) atoms. The summed E-state index contributed by atoms with van der Waals surface area (Å²) in [6, 6.07) is 4.47. The molecule has 0 amide bonds. The molecule has 108 valence electrons. The molecule has 7 nitrogen and oxygen atoms in total. The molecule has 0 aliphatic carbocycles. The van der Waals surface area contributed by atoms with Gasteiger partial charge in [0.15, 0.2) is 5.82 Å². The average Bonchev–Trinajstić information content (AvgIpc) is 2.78. The van der Waals surface area contributed by atoms with E-state index in [1.807, 2.05) is 0 Å². The van der Waals surface area contributed by atoms with Gasteiger partial charge in [0.2, 0.25) is 10.0 Å². The number of halogens is 1. The maximum atomic E-state index is 12.1. The summed E-state index contributed by atoms with van der Waals surface area (Å²) in [4.78, 5) is 4.19. The number of nitrogens with two attached hydrogens (primary N) is 1. The van der Waals surface area contributed by atoms with Gasteiger partial charge < -0.3 is 5.73 Å². The maximum absolute atomic E-state index is 12.1. The number of aryl methyl sites for hydroxylation is 1. The van der Waals surface area contributed by atoms with E-state index in [1.165, 1.54) is 12.1 Å². The molecule has 0 aliphatic rings. The van der Waals surface area contributed by atoms with E-state index >= 15 is 0 Å². The van der Waals surface area contributed by atoms with E-state index in [-0.39, 0.29) is 11.4 Å². The van der Waals surface area contributed by atoms with Gasteiger partial charge >= 0.3 is 0 Å². The summed E-state index contributed by atoms with van der Waals surface area (Å²) < 4.78 is 28.8. The second-order valence-electron chi connectivity index (χ2n) is 4.17. The second kappa shape index (κ2) is 5.90. The first-order valence-corrected chi connectivity index (χ1v) is 8.05. The minimum Gasteiger partial charge on any atom is -0.398 e. The Hall–Kier alpha value is -1.45. The van der Waals surface area contributed by atoms with Gasteiger partial charge in [-0.2, -0.15) is 5.10 Å². The number of sulfonamides is 1. The Balaban J connectivity index is 2.02. The number of hydrogen-bond acceptors (Lipinski definition) is 5. The summed E-state index contributed by atoms with van der Waals surface area (Å²) in [5, 5.41) is 4.08. The number of hydrogen-bond donors (Lipinski definition) is 2. The summed E-state index contributed by atoms with van der Waals surface area (Å²) in [5.74, 6) is 0.591. The average molecular weight is 360 g/mol. The van der Waals surface area contributed by atoms with E-state index in [1.54, 1.807) is 24.1 Å². The highest BCUT2D eigenvalue weighted by Crippen LogP contribution is 2.22. The summed E-state index contributed by atoms with van der Waals surface area (Å²) in [6.45, 7) is 0.230. The standard InChI is InChI=1S/C11H14BrN5O2S/c1-17-7-14-11(16-17)4-5-15-20(18,19)8-2-3-10(13)9(12)6-8/h2-3,6-7,15H,4-5,13H2,1H3. The lowest BCUT2D eigenvalue weighted by Crippen LogP contribution is -2.26. The lowest BCUT2D eigenvalue weighted by molar-refractivity contribution is 0.580. The quantitative estimate of drug-likeness (QED) is 0.764. The molecule has 1 aromatic heterocycles. The number of anilines is 1. The topological polar surface area (TPSA) is 103 Å². The number of aromatic nitrogens is 3. The van der Waals surface area contributed by atoms with Gasteiger partial charge in [0.1, 0.15) is 6.33 Å². The third kappa shape index (κ3) is 3.56. The summed E-state index contributed by atoms with van der Waals surface area (Å²) >= 11 is 3.21. The highest BCUT2D eigenvalue weighted by Gasteiger charge is 2.14. The molecule has 0 saturated heterocycles. The van der Waals surface area contributed by atoms with Crippen LogP contribution in [0.1, 0.15) is 5.82 Å². The molecule has 0 unspecified atom stereocenters. The van der Waals surface area contributed by atoms with Crippen LogP contribution in [0.15, 0.2) is 33.9 Å². The van der Waals surface area contributed by atoms with Crippen molar-refractivity contribution in [2.45, 2.75) is 11.3 Å². The van der Waals surface area contributed by atoms with Crippen LogP contribution in [-0.2, 0) is 23.5 Å². The summed E-state index contributed by atoms with van der Waals surface area (Å²) in [7, 11) is -1.80. The Labute approximate surface area is 125 Å². The molecule has 0 aliphatic heterocycles. The van der Waals surface area contributed by atoms with Gasteiger partial charge in [0.05, 0.1) is 4.90 Å². The van der Waals surface area contributed by atoms with Crippen LogP contribution in [0.5, 0.6) is 0 Å². The van der Waals surface area contributed by atoms with Crippen molar-refractivity contribution < 1.29 is 8.42 Å². The van der Waals surface area contributed by atoms with Gasteiger partial charge in [-0.25, -0.2) is 18.1 Å². The fraction of sp³-hybridized carbons (Fsp3) is 0.273. The van der Waals surface area contributed by atoms with Crippen LogP contribution in [0.4, 0.5) is 5.69 Å². The molecule has 0 bridgehead atoms. The third-order valence-corrected chi connectivity index (χ3v) is 4.72. The lowest BCUT2D eigenvalue weighted by atomic mass is 10.3. The van der Waals surface area contributed by atoms with Crippen molar-refractivity contribution in [2.75, 3.05) is 12.3 Å². The fourth-order valence-corrected chi connectivity index (χ4v) is 3.14. The first-order valence-electron chi connectivity index (χ1n) is 5.78. The molecular weight excluding hydrogens is 346 g/mol. The molecule has 0 fully saturated rings. The predicted octanol–water partition coefficient (Wildman–Crippen LogP) is 0.681. The van der Waals surface area contributed by atoms with Gasteiger partial charge in [-0.05, 0) is 34.1 Å². The molecular formula is C11H14BrN5O2S. The van der Waals surface area contributed by atoms with Crippen molar-refractivity contribution in [1.82, 2.24) is 19.5 Å². The van der Waals surface area contributed by atoms with Crippen molar-refractivity contribution in [3.05, 3.63) is 34.8 Å². The smallest absolute Gasteiger partial charge is 0.240 e. The highest BCUT2D eigenvalue weighted by atomic mass is 79.9. The van der Waals surface area contributed by atoms with Crippen molar-refractivity contribution in [3.63, 3.8) is 0 Å². The molecule has 1 heterocycles. The van der Waals surface area contributed by atoms with Crippen LogP contribution in [0.3, 0.4) is 0 Å². The minimum atomic E-state index is -3.56. The van der Waals surface area contributed by atoms with Gasteiger partial charge in [0.25, 0.3) is 0 Å². The molecule has 2 aromatic rings. The zero-order valence-electron chi connectivity index (χ0n) is 10.7.